The molecule has 1 aromatic heterocycles. The van der Waals surface area contributed by atoms with E-state index >= 15 is 0 Å². The zero-order valence-corrected chi connectivity index (χ0v) is 23.0. The monoisotopic (exact) mass is 512 g/mol. The molecule has 0 bridgehead atoms. The second kappa shape index (κ2) is 20.6. The van der Waals surface area contributed by atoms with Crippen molar-refractivity contribution >= 4 is 5.97 Å². The van der Waals surface area contributed by atoms with Crippen molar-refractivity contribution in [2.24, 2.45) is 0 Å². The van der Waals surface area contributed by atoms with Gasteiger partial charge in [0.15, 0.2) is 11.6 Å². The zero-order chi connectivity index (χ0) is 26.4. The average Bonchev–Trinajstić information content (AvgIpc) is 2.91. The summed E-state index contributed by atoms with van der Waals surface area (Å²) in [5, 5.41) is 8.65. The molecule has 1 aromatic carbocycles. The maximum Gasteiger partial charge on any atom is 0.303 e. The van der Waals surface area contributed by atoms with Crippen LogP contribution in [0.2, 0.25) is 0 Å². The van der Waals surface area contributed by atoms with Crippen molar-refractivity contribution in [2.75, 3.05) is 19.8 Å². The molecule has 1 N–H and O–H groups in total. The molecule has 6 heteroatoms. The van der Waals surface area contributed by atoms with Crippen molar-refractivity contribution in [3.05, 3.63) is 42.2 Å². The summed E-state index contributed by atoms with van der Waals surface area (Å²) in [6, 6.07) is 8.56. The normalized spacial score (nSPS) is 11.1. The van der Waals surface area contributed by atoms with E-state index in [-0.39, 0.29) is 0 Å². The molecular weight excluding hydrogens is 464 g/mol. The molecule has 0 saturated heterocycles. The molecule has 1 heterocycles. The third-order valence-corrected chi connectivity index (χ3v) is 6.54. The highest BCUT2D eigenvalue weighted by molar-refractivity contribution is 5.66. The molecular formula is C31H48N2O4. The van der Waals surface area contributed by atoms with Crippen LogP contribution in [0, 0.1) is 0 Å². The Labute approximate surface area is 224 Å². The summed E-state index contributed by atoms with van der Waals surface area (Å²) in [6.07, 6.45) is 21.0. The predicted octanol–water partition coefficient (Wildman–Crippen LogP) is 8.04. The molecule has 2 aromatic rings. The Balaban J connectivity index is 1.53. The Bertz CT molecular complexity index is 824. The fourth-order valence-corrected chi connectivity index (χ4v) is 4.26. The van der Waals surface area contributed by atoms with Gasteiger partial charge in [0.05, 0.1) is 19.0 Å². The highest BCUT2D eigenvalue weighted by atomic mass is 16.5. The topological polar surface area (TPSA) is 81.5 Å². The second-order valence-corrected chi connectivity index (χ2v) is 9.89. The van der Waals surface area contributed by atoms with Gasteiger partial charge in [-0.2, -0.15) is 0 Å². The first-order chi connectivity index (χ1) is 18.2. The smallest absolute Gasteiger partial charge is 0.303 e. The lowest BCUT2D eigenvalue weighted by Crippen LogP contribution is -2.02. The molecule has 0 unspecified atom stereocenters. The fraction of sp³-hybridized carbons (Fsp3) is 0.645. The van der Waals surface area contributed by atoms with Gasteiger partial charge in [0.2, 0.25) is 0 Å². The van der Waals surface area contributed by atoms with E-state index in [0.717, 1.165) is 69.5 Å². The van der Waals surface area contributed by atoms with Gasteiger partial charge >= 0.3 is 5.97 Å². The molecule has 0 radical (unpaired) electrons. The number of benzene rings is 1. The summed E-state index contributed by atoms with van der Waals surface area (Å²) < 4.78 is 11.4. The number of carboxylic acids is 1. The number of carbonyl (C=O) groups is 1. The Hall–Kier alpha value is -2.47. The number of nitrogens with zero attached hydrogens (tertiary/aromatic N) is 2. The van der Waals surface area contributed by atoms with Gasteiger partial charge in [0.1, 0.15) is 0 Å². The van der Waals surface area contributed by atoms with Crippen LogP contribution in [0.1, 0.15) is 109 Å². The minimum absolute atomic E-state index is 0.306. The zero-order valence-electron chi connectivity index (χ0n) is 23.0. The first kappa shape index (κ1) is 30.8. The van der Waals surface area contributed by atoms with Crippen LogP contribution in [0.3, 0.4) is 0 Å². The first-order valence-electron chi connectivity index (χ1n) is 14.5. The number of carboxylic acid groups (broad SMARTS) is 1. The van der Waals surface area contributed by atoms with E-state index < -0.39 is 5.97 Å². The number of ether oxygens (including phenoxy) is 2. The number of aromatic nitrogens is 2. The van der Waals surface area contributed by atoms with Crippen molar-refractivity contribution in [3.63, 3.8) is 0 Å². The second-order valence-electron chi connectivity index (χ2n) is 9.89. The van der Waals surface area contributed by atoms with E-state index in [1.165, 1.54) is 56.9 Å². The number of unbranched alkanes of at least 4 members (excludes halogenated alkanes) is 11. The maximum absolute atomic E-state index is 10.5. The van der Waals surface area contributed by atoms with Crippen LogP contribution in [0.25, 0.3) is 11.4 Å². The Morgan fingerprint density at radius 2 is 1.30 bits per heavy atom. The molecule has 2 rings (SSSR count). The molecule has 0 atom stereocenters. The molecule has 0 aliphatic rings. The Kier molecular flexibility index (Phi) is 17.1. The molecule has 0 amide bonds. The third-order valence-electron chi connectivity index (χ3n) is 6.54. The molecule has 0 spiro atoms. The summed E-state index contributed by atoms with van der Waals surface area (Å²) >= 11 is 0. The van der Waals surface area contributed by atoms with Gasteiger partial charge in [-0.3, -0.25) is 4.79 Å². The molecule has 0 aliphatic carbocycles. The largest absolute Gasteiger partial charge is 0.490 e. The van der Waals surface area contributed by atoms with Crippen LogP contribution in [0.4, 0.5) is 0 Å². The van der Waals surface area contributed by atoms with Crippen LogP contribution < -0.4 is 4.74 Å². The molecule has 0 saturated carbocycles. The van der Waals surface area contributed by atoms with Crippen molar-refractivity contribution < 1.29 is 19.4 Å². The van der Waals surface area contributed by atoms with E-state index in [0.29, 0.717) is 18.8 Å². The first-order valence-corrected chi connectivity index (χ1v) is 14.5. The number of hydrogen-bond donors (Lipinski definition) is 1. The van der Waals surface area contributed by atoms with Crippen molar-refractivity contribution in [3.8, 4) is 17.1 Å². The Morgan fingerprint density at radius 1 is 0.730 bits per heavy atom. The van der Waals surface area contributed by atoms with E-state index in [1.54, 1.807) is 12.4 Å². The fourth-order valence-electron chi connectivity index (χ4n) is 4.26. The number of hydrogen-bond acceptors (Lipinski definition) is 5. The highest BCUT2D eigenvalue weighted by Crippen LogP contribution is 2.19. The summed E-state index contributed by atoms with van der Waals surface area (Å²) in [4.78, 5) is 19.5. The van der Waals surface area contributed by atoms with Gasteiger partial charge in [-0.25, -0.2) is 9.97 Å². The predicted molar refractivity (Wildman–Crippen MR) is 150 cm³/mol. The quantitative estimate of drug-likeness (QED) is 0.152. The minimum atomic E-state index is -0.681. The van der Waals surface area contributed by atoms with Crippen LogP contribution >= 0.6 is 0 Å². The average molecular weight is 513 g/mol. The van der Waals surface area contributed by atoms with Crippen LogP contribution in [-0.2, 0) is 16.0 Å². The lowest BCUT2D eigenvalue weighted by molar-refractivity contribution is -0.137. The number of aliphatic carboxylic acids is 1. The van der Waals surface area contributed by atoms with Gasteiger partial charge in [-0.15, -0.1) is 0 Å². The summed E-state index contributed by atoms with van der Waals surface area (Å²) in [5.74, 6) is 0.749. The summed E-state index contributed by atoms with van der Waals surface area (Å²) in [5.41, 5.74) is 2.37. The van der Waals surface area contributed by atoms with Gasteiger partial charge in [-0.1, -0.05) is 89.0 Å². The van der Waals surface area contributed by atoms with Gasteiger partial charge in [-0.05, 0) is 44.1 Å². The molecule has 0 fully saturated rings. The summed E-state index contributed by atoms with van der Waals surface area (Å²) in [6.45, 7) is 4.56. The molecule has 0 aliphatic heterocycles. The minimum Gasteiger partial charge on any atom is -0.490 e. The van der Waals surface area contributed by atoms with Crippen LogP contribution in [0.15, 0.2) is 36.7 Å². The van der Waals surface area contributed by atoms with Crippen LogP contribution in [0.5, 0.6) is 5.75 Å². The van der Waals surface area contributed by atoms with Crippen molar-refractivity contribution in [1.29, 1.82) is 0 Å². The highest BCUT2D eigenvalue weighted by Gasteiger charge is 2.04. The molecule has 206 valence electrons. The maximum atomic E-state index is 10.5. The molecule has 37 heavy (non-hydrogen) atoms. The van der Waals surface area contributed by atoms with Gasteiger partial charge in [0, 0.05) is 25.2 Å². The lowest BCUT2D eigenvalue weighted by Gasteiger charge is -2.07. The SMILES string of the molecule is CCCCCCOCCCCOc1cnc(-c2ccc(CCCCCCCCCCC(=O)O)cc2)nc1. The standard InChI is InChI=1S/C31H48N2O4/c1-2-3-4-13-22-36-23-14-15-24-37-29-25-32-31(33-26-29)28-20-18-27(19-21-28)16-11-9-7-5-6-8-10-12-17-30(34)35/h18-21,25-26H,2-17,22-24H2,1H3,(H,34,35). The Morgan fingerprint density at radius 3 is 1.95 bits per heavy atom. The van der Waals surface area contributed by atoms with E-state index in [1.807, 2.05) is 0 Å². The van der Waals surface area contributed by atoms with Crippen molar-refractivity contribution in [2.45, 2.75) is 110 Å². The van der Waals surface area contributed by atoms with Crippen LogP contribution in [-0.4, -0.2) is 40.9 Å². The van der Waals surface area contributed by atoms with E-state index in [4.69, 9.17) is 14.6 Å². The van der Waals surface area contributed by atoms with E-state index in [2.05, 4.69) is 41.2 Å². The van der Waals surface area contributed by atoms with Gasteiger partial charge < -0.3 is 14.6 Å². The lowest BCUT2D eigenvalue weighted by atomic mass is 10.0. The van der Waals surface area contributed by atoms with E-state index in [9.17, 15) is 4.79 Å². The number of rotatable bonds is 23. The van der Waals surface area contributed by atoms with Crippen molar-refractivity contribution in [1.82, 2.24) is 9.97 Å². The molecule has 6 nitrogen and oxygen atoms in total. The van der Waals surface area contributed by atoms with Gasteiger partial charge in [0.25, 0.3) is 0 Å². The summed E-state index contributed by atoms with van der Waals surface area (Å²) in [7, 11) is 0. The third kappa shape index (κ3) is 15.4. The number of aryl methyl sites for hydroxylation is 1.